The van der Waals surface area contributed by atoms with Gasteiger partial charge in [-0.15, -0.1) is 0 Å². The normalized spacial score (nSPS) is 21.7. The number of hydrogen-bond acceptors (Lipinski definition) is 3. The number of nitrogens with zero attached hydrogens (tertiary/aromatic N) is 1. The van der Waals surface area contributed by atoms with Crippen molar-refractivity contribution in [3.63, 3.8) is 0 Å². The Morgan fingerprint density at radius 1 is 1.07 bits per heavy atom. The Balaban J connectivity index is 1.91. The molecule has 1 heterocycles. The van der Waals surface area contributed by atoms with Gasteiger partial charge in [0.25, 0.3) is 11.7 Å². The summed E-state index contributed by atoms with van der Waals surface area (Å²) in [5.41, 5.74) is 2.17. The van der Waals surface area contributed by atoms with Crippen LogP contribution in [0.15, 0.2) is 48.0 Å². The summed E-state index contributed by atoms with van der Waals surface area (Å²) in [6.45, 7) is 1.93. The van der Waals surface area contributed by atoms with Crippen LogP contribution in [0.4, 0.5) is 0 Å². The molecule has 6 heteroatoms. The number of hydrogen-bond donors (Lipinski definition) is 1. The van der Waals surface area contributed by atoms with Crippen LogP contribution in [0.5, 0.6) is 0 Å². The van der Waals surface area contributed by atoms with Gasteiger partial charge in [0, 0.05) is 21.7 Å². The first-order chi connectivity index (χ1) is 12.9. The third-order valence-corrected chi connectivity index (χ3v) is 5.56. The van der Waals surface area contributed by atoms with Crippen molar-refractivity contribution in [2.24, 2.45) is 0 Å². The van der Waals surface area contributed by atoms with Crippen molar-refractivity contribution in [1.29, 1.82) is 0 Å². The fraction of sp³-hybridized carbons (Fsp3) is 0.238. The third kappa shape index (κ3) is 3.13. The number of benzene rings is 2. The van der Waals surface area contributed by atoms with Crippen LogP contribution in [0.25, 0.3) is 5.76 Å². The van der Waals surface area contributed by atoms with Gasteiger partial charge in [-0.2, -0.15) is 0 Å². The maximum absolute atomic E-state index is 12.8. The minimum Gasteiger partial charge on any atom is -0.507 e. The number of rotatable bonds is 3. The maximum atomic E-state index is 12.8. The number of carbonyl (C=O) groups excluding carboxylic acids is 2. The van der Waals surface area contributed by atoms with Crippen LogP contribution in [0, 0.1) is 6.92 Å². The van der Waals surface area contributed by atoms with Gasteiger partial charge in [-0.25, -0.2) is 0 Å². The summed E-state index contributed by atoms with van der Waals surface area (Å²) in [6.07, 6.45) is 1.67. The Labute approximate surface area is 167 Å². The predicted molar refractivity (Wildman–Crippen MR) is 105 cm³/mol. The molecule has 0 radical (unpaired) electrons. The zero-order valence-corrected chi connectivity index (χ0v) is 16.1. The Morgan fingerprint density at radius 3 is 2.33 bits per heavy atom. The van der Waals surface area contributed by atoms with E-state index in [-0.39, 0.29) is 17.4 Å². The first kappa shape index (κ1) is 18.1. The predicted octanol–water partition coefficient (Wildman–Crippen LogP) is 4.89. The molecule has 4 rings (SSSR count). The van der Waals surface area contributed by atoms with Crippen molar-refractivity contribution in [3.05, 3.63) is 74.8 Å². The van der Waals surface area contributed by atoms with E-state index in [9.17, 15) is 14.7 Å². The van der Waals surface area contributed by atoms with E-state index >= 15 is 0 Å². The summed E-state index contributed by atoms with van der Waals surface area (Å²) in [4.78, 5) is 27.1. The highest BCUT2D eigenvalue weighted by Crippen LogP contribution is 2.47. The lowest BCUT2D eigenvalue weighted by Crippen LogP contribution is -2.31. The van der Waals surface area contributed by atoms with Crippen molar-refractivity contribution >= 4 is 40.7 Å². The Bertz CT molecular complexity index is 977. The van der Waals surface area contributed by atoms with Gasteiger partial charge in [-0.1, -0.05) is 59.1 Å². The van der Waals surface area contributed by atoms with Gasteiger partial charge in [0.15, 0.2) is 0 Å². The maximum Gasteiger partial charge on any atom is 0.295 e. The molecular formula is C21H17Cl2NO3. The Kier molecular flexibility index (Phi) is 4.49. The number of aryl methyl sites for hydroxylation is 1. The molecule has 138 valence electrons. The largest absolute Gasteiger partial charge is 0.507 e. The van der Waals surface area contributed by atoms with Crippen molar-refractivity contribution in [2.45, 2.75) is 31.8 Å². The fourth-order valence-electron chi connectivity index (χ4n) is 3.47. The van der Waals surface area contributed by atoms with E-state index in [0.29, 0.717) is 21.2 Å². The third-order valence-electron chi connectivity index (χ3n) is 5.00. The molecule has 1 saturated heterocycles. The van der Waals surface area contributed by atoms with Crippen LogP contribution in [-0.4, -0.2) is 27.7 Å². The molecule has 1 unspecified atom stereocenters. The molecule has 1 aliphatic carbocycles. The number of Topliss-reactive ketones (excluding diaryl/α,β-unsaturated/α-hetero) is 1. The number of ketones is 1. The van der Waals surface area contributed by atoms with Crippen molar-refractivity contribution in [3.8, 4) is 0 Å². The monoisotopic (exact) mass is 401 g/mol. The number of carbonyl (C=O) groups is 2. The first-order valence-corrected chi connectivity index (χ1v) is 9.46. The average molecular weight is 402 g/mol. The zero-order chi connectivity index (χ0) is 19.3. The highest BCUT2D eigenvalue weighted by atomic mass is 35.5. The van der Waals surface area contributed by atoms with Gasteiger partial charge in [-0.3, -0.25) is 9.59 Å². The quantitative estimate of drug-likeness (QED) is 0.452. The molecule has 0 aromatic heterocycles. The lowest BCUT2D eigenvalue weighted by molar-refractivity contribution is -0.140. The summed E-state index contributed by atoms with van der Waals surface area (Å²) in [5.74, 6) is -1.47. The number of halogens is 2. The molecule has 27 heavy (non-hydrogen) atoms. The van der Waals surface area contributed by atoms with Gasteiger partial charge in [-0.05, 0) is 37.5 Å². The summed E-state index contributed by atoms with van der Waals surface area (Å²) in [6, 6.07) is 11.4. The molecular weight excluding hydrogens is 385 g/mol. The molecule has 1 N–H and O–H groups in total. The van der Waals surface area contributed by atoms with Gasteiger partial charge < -0.3 is 10.0 Å². The number of likely N-dealkylation sites (tertiary alicyclic amines) is 1. The van der Waals surface area contributed by atoms with Crippen molar-refractivity contribution in [2.75, 3.05) is 0 Å². The van der Waals surface area contributed by atoms with Crippen LogP contribution in [0.2, 0.25) is 10.0 Å². The molecule has 2 aromatic carbocycles. The Hall–Kier alpha value is -2.30. The van der Waals surface area contributed by atoms with E-state index in [1.165, 1.54) is 0 Å². The molecule has 2 fully saturated rings. The summed E-state index contributed by atoms with van der Waals surface area (Å²) >= 11 is 12.4. The van der Waals surface area contributed by atoms with Gasteiger partial charge in [0.1, 0.15) is 5.76 Å². The molecule has 2 aromatic rings. The van der Waals surface area contributed by atoms with Gasteiger partial charge >= 0.3 is 0 Å². The van der Waals surface area contributed by atoms with Crippen LogP contribution < -0.4 is 0 Å². The van der Waals surface area contributed by atoms with E-state index in [2.05, 4.69) is 0 Å². The molecule has 0 bridgehead atoms. The topological polar surface area (TPSA) is 57.6 Å². The molecule has 1 saturated carbocycles. The number of amides is 1. The van der Waals surface area contributed by atoms with Gasteiger partial charge in [0.2, 0.25) is 0 Å². The molecule has 1 atom stereocenters. The Morgan fingerprint density at radius 2 is 1.74 bits per heavy atom. The van der Waals surface area contributed by atoms with E-state index in [4.69, 9.17) is 23.2 Å². The highest BCUT2D eigenvalue weighted by molar-refractivity contribution is 6.47. The summed E-state index contributed by atoms with van der Waals surface area (Å²) in [7, 11) is 0. The van der Waals surface area contributed by atoms with Crippen LogP contribution in [0.1, 0.15) is 35.6 Å². The minimum absolute atomic E-state index is 0.0125. The second kappa shape index (κ2) is 6.70. The molecule has 1 amide bonds. The van der Waals surface area contributed by atoms with E-state index < -0.39 is 17.7 Å². The summed E-state index contributed by atoms with van der Waals surface area (Å²) < 4.78 is 0. The van der Waals surface area contributed by atoms with E-state index in [1.54, 1.807) is 35.2 Å². The molecule has 0 spiro atoms. The van der Waals surface area contributed by atoms with E-state index in [1.807, 2.05) is 19.1 Å². The standard InChI is InChI=1S/C21H17Cl2NO3/c1-11-2-4-12(5-3-11)19(25)17-18(15-9-6-13(22)10-16(15)23)24(14-7-8-14)21(27)20(17)26/h2-6,9-10,14,18,25H,7-8H2,1H3/b19-17+. The lowest BCUT2D eigenvalue weighted by Gasteiger charge is -2.26. The van der Waals surface area contributed by atoms with Crippen LogP contribution >= 0.6 is 23.2 Å². The number of aliphatic hydroxyl groups excluding tert-OH is 1. The van der Waals surface area contributed by atoms with E-state index in [0.717, 1.165) is 18.4 Å². The van der Waals surface area contributed by atoms with Crippen LogP contribution in [-0.2, 0) is 9.59 Å². The lowest BCUT2D eigenvalue weighted by atomic mass is 9.95. The molecule has 2 aliphatic rings. The summed E-state index contributed by atoms with van der Waals surface area (Å²) in [5, 5.41) is 11.7. The second-order valence-corrected chi connectivity index (χ2v) is 7.81. The second-order valence-electron chi connectivity index (χ2n) is 6.97. The first-order valence-electron chi connectivity index (χ1n) is 8.70. The van der Waals surface area contributed by atoms with Crippen molar-refractivity contribution < 1.29 is 14.7 Å². The molecule has 4 nitrogen and oxygen atoms in total. The van der Waals surface area contributed by atoms with Crippen molar-refractivity contribution in [1.82, 2.24) is 4.90 Å². The molecule has 1 aliphatic heterocycles. The highest BCUT2D eigenvalue weighted by Gasteiger charge is 2.51. The van der Waals surface area contributed by atoms with Crippen LogP contribution in [0.3, 0.4) is 0 Å². The number of aliphatic hydroxyl groups is 1. The smallest absolute Gasteiger partial charge is 0.295 e. The minimum atomic E-state index is -0.719. The SMILES string of the molecule is Cc1ccc(/C(O)=C2\C(=O)C(=O)N(C3CC3)C2c2ccc(Cl)cc2Cl)cc1. The zero-order valence-electron chi connectivity index (χ0n) is 14.6. The average Bonchev–Trinajstić information content (AvgIpc) is 3.43. The van der Waals surface area contributed by atoms with Gasteiger partial charge in [0.05, 0.1) is 11.6 Å². The fourth-order valence-corrected chi connectivity index (χ4v) is 3.99.